The molecule has 7 nitrogen and oxygen atoms in total. The van der Waals surface area contributed by atoms with Gasteiger partial charge < -0.3 is 10.1 Å². The molecule has 3 rings (SSSR count). The Balaban J connectivity index is 1.98. The molecule has 34 heavy (non-hydrogen) atoms. The van der Waals surface area contributed by atoms with E-state index in [-0.39, 0.29) is 22.8 Å². The molecule has 0 unspecified atom stereocenters. The first-order chi connectivity index (χ1) is 16.1. The van der Waals surface area contributed by atoms with Crippen LogP contribution >= 0.6 is 0 Å². The number of carbonyl (C=O) groups is 2. The van der Waals surface area contributed by atoms with Gasteiger partial charge in [0.15, 0.2) is 0 Å². The summed E-state index contributed by atoms with van der Waals surface area (Å²) in [5.41, 5.74) is 3.46. The molecule has 0 aliphatic carbocycles. The molecule has 0 bridgehead atoms. The minimum Gasteiger partial charge on any atom is -0.462 e. The van der Waals surface area contributed by atoms with Gasteiger partial charge in [-0.25, -0.2) is 13.2 Å². The summed E-state index contributed by atoms with van der Waals surface area (Å²) in [5.74, 6) is -1.16. The predicted octanol–water partition coefficient (Wildman–Crippen LogP) is 4.62. The molecule has 0 saturated heterocycles. The number of hydrogen-bond acceptors (Lipinski definition) is 5. The number of amides is 1. The van der Waals surface area contributed by atoms with Crippen molar-refractivity contribution in [2.45, 2.75) is 32.6 Å². The molecule has 0 saturated carbocycles. The summed E-state index contributed by atoms with van der Waals surface area (Å²) in [6.07, 6.45) is 0. The first-order valence-corrected chi connectivity index (χ1v) is 12.3. The van der Waals surface area contributed by atoms with Crippen molar-refractivity contribution in [3.05, 3.63) is 89.0 Å². The number of nitrogens with one attached hydrogen (secondary N) is 1. The van der Waals surface area contributed by atoms with Crippen LogP contribution in [0.4, 0.5) is 11.4 Å². The van der Waals surface area contributed by atoms with Crippen molar-refractivity contribution in [2.75, 3.05) is 22.8 Å². The normalized spacial score (nSPS) is 11.1. The number of esters is 1. The van der Waals surface area contributed by atoms with E-state index in [4.69, 9.17) is 4.74 Å². The first-order valence-electron chi connectivity index (χ1n) is 10.9. The van der Waals surface area contributed by atoms with E-state index >= 15 is 0 Å². The zero-order valence-electron chi connectivity index (χ0n) is 19.7. The Bertz CT molecular complexity index is 1300. The maximum Gasteiger partial charge on any atom is 0.340 e. The summed E-state index contributed by atoms with van der Waals surface area (Å²) in [4.78, 5) is 25.4. The molecule has 0 radical (unpaired) electrons. The van der Waals surface area contributed by atoms with Crippen molar-refractivity contribution in [1.29, 1.82) is 0 Å². The summed E-state index contributed by atoms with van der Waals surface area (Å²) in [6.45, 7) is 6.99. The van der Waals surface area contributed by atoms with Gasteiger partial charge in [0.1, 0.15) is 6.54 Å². The van der Waals surface area contributed by atoms with Crippen molar-refractivity contribution >= 4 is 33.3 Å². The van der Waals surface area contributed by atoms with Crippen LogP contribution in [-0.2, 0) is 19.6 Å². The fraction of sp³-hybridized carbons (Fsp3) is 0.231. The molecule has 0 spiro atoms. The second-order valence-electron chi connectivity index (χ2n) is 7.93. The number of sulfonamides is 1. The van der Waals surface area contributed by atoms with E-state index in [0.29, 0.717) is 5.69 Å². The molecular formula is C26H28N2O5S. The zero-order chi connectivity index (χ0) is 24.9. The van der Waals surface area contributed by atoms with Gasteiger partial charge in [0.25, 0.3) is 10.0 Å². The lowest BCUT2D eigenvalue weighted by molar-refractivity contribution is -0.114. The number of rotatable bonds is 8. The summed E-state index contributed by atoms with van der Waals surface area (Å²) >= 11 is 0. The van der Waals surface area contributed by atoms with Crippen LogP contribution in [0.25, 0.3) is 0 Å². The Labute approximate surface area is 200 Å². The van der Waals surface area contributed by atoms with Crippen LogP contribution in [0, 0.1) is 20.8 Å². The highest BCUT2D eigenvalue weighted by atomic mass is 32.2. The molecule has 3 aromatic carbocycles. The lowest BCUT2D eigenvalue weighted by Gasteiger charge is -2.26. The molecule has 178 valence electrons. The van der Waals surface area contributed by atoms with Crippen LogP contribution in [0.15, 0.2) is 71.6 Å². The maximum atomic E-state index is 13.6. The first kappa shape index (κ1) is 25.0. The highest BCUT2D eigenvalue weighted by Gasteiger charge is 2.28. The van der Waals surface area contributed by atoms with Gasteiger partial charge in [0.2, 0.25) is 5.91 Å². The fourth-order valence-electron chi connectivity index (χ4n) is 3.52. The van der Waals surface area contributed by atoms with Crippen LogP contribution in [0.5, 0.6) is 0 Å². The van der Waals surface area contributed by atoms with E-state index in [1.54, 1.807) is 62.4 Å². The van der Waals surface area contributed by atoms with E-state index in [2.05, 4.69) is 5.32 Å². The number of benzene rings is 3. The topological polar surface area (TPSA) is 92.8 Å². The number of para-hydroxylation sites is 1. The van der Waals surface area contributed by atoms with Crippen LogP contribution in [0.3, 0.4) is 0 Å². The Morgan fingerprint density at radius 2 is 1.56 bits per heavy atom. The summed E-state index contributed by atoms with van der Waals surface area (Å²) in [5, 5.41) is 2.67. The molecule has 0 aliphatic heterocycles. The van der Waals surface area contributed by atoms with Gasteiger partial charge in [-0.3, -0.25) is 9.10 Å². The van der Waals surface area contributed by atoms with Crippen LogP contribution < -0.4 is 9.62 Å². The third-order valence-corrected chi connectivity index (χ3v) is 6.99. The molecule has 0 aliphatic rings. The Hall–Kier alpha value is -3.65. The average Bonchev–Trinajstić information content (AvgIpc) is 2.78. The highest BCUT2D eigenvalue weighted by Crippen LogP contribution is 2.28. The van der Waals surface area contributed by atoms with Gasteiger partial charge in [0, 0.05) is 0 Å². The van der Waals surface area contributed by atoms with Crippen molar-refractivity contribution < 1.29 is 22.7 Å². The van der Waals surface area contributed by atoms with Crippen molar-refractivity contribution in [1.82, 2.24) is 0 Å². The van der Waals surface area contributed by atoms with Gasteiger partial charge in [-0.05, 0) is 63.6 Å². The molecule has 1 N–H and O–H groups in total. The number of hydrogen-bond donors (Lipinski definition) is 1. The monoisotopic (exact) mass is 480 g/mol. The van der Waals surface area contributed by atoms with Gasteiger partial charge >= 0.3 is 5.97 Å². The maximum absolute atomic E-state index is 13.6. The van der Waals surface area contributed by atoms with E-state index in [1.807, 2.05) is 19.9 Å². The van der Waals surface area contributed by atoms with Gasteiger partial charge in [-0.1, -0.05) is 47.5 Å². The molecule has 0 atom stereocenters. The van der Waals surface area contributed by atoms with Crippen molar-refractivity contribution in [3.63, 3.8) is 0 Å². The van der Waals surface area contributed by atoms with Crippen molar-refractivity contribution in [2.24, 2.45) is 0 Å². The largest absolute Gasteiger partial charge is 0.462 e. The molecule has 0 fully saturated rings. The third-order valence-electron chi connectivity index (χ3n) is 5.21. The Morgan fingerprint density at radius 3 is 2.21 bits per heavy atom. The number of anilines is 2. The predicted molar refractivity (Wildman–Crippen MR) is 133 cm³/mol. The summed E-state index contributed by atoms with van der Waals surface area (Å²) in [7, 11) is -4.05. The van der Waals surface area contributed by atoms with E-state index in [1.165, 1.54) is 12.1 Å². The third kappa shape index (κ3) is 5.63. The van der Waals surface area contributed by atoms with E-state index in [0.717, 1.165) is 21.0 Å². The molecule has 0 aromatic heterocycles. The van der Waals surface area contributed by atoms with Gasteiger partial charge in [-0.2, -0.15) is 0 Å². The molecule has 8 heteroatoms. The molecule has 3 aromatic rings. The fourth-order valence-corrected chi connectivity index (χ4v) is 5.01. The molecule has 1 amide bonds. The number of nitrogens with zero attached hydrogens (tertiary/aromatic N) is 1. The van der Waals surface area contributed by atoms with Crippen LogP contribution in [-0.4, -0.2) is 33.4 Å². The molecular weight excluding hydrogens is 452 g/mol. The highest BCUT2D eigenvalue weighted by molar-refractivity contribution is 7.92. The van der Waals surface area contributed by atoms with E-state index in [9.17, 15) is 18.0 Å². The average molecular weight is 481 g/mol. The lowest BCUT2D eigenvalue weighted by Crippen LogP contribution is -2.38. The number of aryl methyl sites for hydroxylation is 3. The van der Waals surface area contributed by atoms with E-state index < -0.39 is 28.4 Å². The lowest BCUT2D eigenvalue weighted by atomic mass is 10.1. The quantitative estimate of drug-likeness (QED) is 0.475. The molecule has 0 heterocycles. The Kier molecular flexibility index (Phi) is 7.73. The van der Waals surface area contributed by atoms with Crippen LogP contribution in [0.1, 0.15) is 34.0 Å². The van der Waals surface area contributed by atoms with Crippen LogP contribution in [0.2, 0.25) is 0 Å². The standard InChI is InChI=1S/C26H28N2O5S/c1-5-33-26(30)22-8-6-7-9-23(22)27-25(29)17-28(24-15-12-19(3)16-20(24)4)34(31,32)21-13-10-18(2)11-14-21/h6-16H,5,17H2,1-4H3,(H,27,29). The number of carbonyl (C=O) groups excluding carboxylic acids is 2. The SMILES string of the molecule is CCOC(=O)c1ccccc1NC(=O)CN(c1ccc(C)cc1C)S(=O)(=O)c1ccc(C)cc1. The Morgan fingerprint density at radius 1 is 0.912 bits per heavy atom. The second-order valence-corrected chi connectivity index (χ2v) is 9.79. The van der Waals surface area contributed by atoms with Gasteiger partial charge in [0.05, 0.1) is 28.4 Å². The summed E-state index contributed by atoms with van der Waals surface area (Å²) < 4.78 is 33.3. The minimum absolute atomic E-state index is 0.0813. The summed E-state index contributed by atoms with van der Waals surface area (Å²) in [6, 6.07) is 18.3. The van der Waals surface area contributed by atoms with Gasteiger partial charge in [-0.15, -0.1) is 0 Å². The number of ether oxygens (including phenoxy) is 1. The second kappa shape index (κ2) is 10.5. The smallest absolute Gasteiger partial charge is 0.340 e. The van der Waals surface area contributed by atoms with Crippen molar-refractivity contribution in [3.8, 4) is 0 Å². The zero-order valence-corrected chi connectivity index (χ0v) is 20.5. The minimum atomic E-state index is -4.05.